The molecule has 0 radical (unpaired) electrons. The van der Waals surface area contributed by atoms with E-state index in [-0.39, 0.29) is 0 Å². The molecular weight excluding hydrogens is 356 g/mol. The summed E-state index contributed by atoms with van der Waals surface area (Å²) in [7, 11) is 2.19. The van der Waals surface area contributed by atoms with Gasteiger partial charge in [-0.2, -0.15) is 4.98 Å². The zero-order chi connectivity index (χ0) is 19.1. The number of likely N-dealkylation sites (tertiary alicyclic amines) is 1. The van der Waals surface area contributed by atoms with E-state index >= 15 is 0 Å². The van der Waals surface area contributed by atoms with Crippen LogP contribution in [0.3, 0.4) is 0 Å². The molecule has 0 amide bonds. The Labute approximate surface area is 166 Å². The third kappa shape index (κ3) is 6.37. The number of nitrogens with one attached hydrogen (secondary N) is 3. The molecule has 6 nitrogen and oxygen atoms in total. The van der Waals surface area contributed by atoms with Gasteiger partial charge in [0, 0.05) is 28.9 Å². The highest BCUT2D eigenvalue weighted by molar-refractivity contribution is 7.97. The lowest BCUT2D eigenvalue weighted by Gasteiger charge is -2.29. The number of hydrogen-bond acceptors (Lipinski definition) is 7. The van der Waals surface area contributed by atoms with Crippen molar-refractivity contribution in [2.45, 2.75) is 50.1 Å². The molecule has 1 atom stereocenters. The van der Waals surface area contributed by atoms with Crippen LogP contribution in [0.1, 0.15) is 33.1 Å². The number of hydrogen-bond donors (Lipinski definition) is 3. The molecule has 0 bridgehead atoms. The summed E-state index contributed by atoms with van der Waals surface area (Å²) in [6, 6.07) is 11.3. The van der Waals surface area contributed by atoms with E-state index in [1.54, 1.807) is 18.1 Å². The molecule has 7 heteroatoms. The van der Waals surface area contributed by atoms with E-state index in [4.69, 9.17) is 0 Å². The van der Waals surface area contributed by atoms with Gasteiger partial charge in [0.05, 0.1) is 0 Å². The van der Waals surface area contributed by atoms with Gasteiger partial charge in [0.15, 0.2) is 0 Å². The summed E-state index contributed by atoms with van der Waals surface area (Å²) in [5, 5.41) is 6.65. The molecule has 146 valence electrons. The molecule has 1 aliphatic heterocycles. The van der Waals surface area contributed by atoms with Crippen LogP contribution in [0.25, 0.3) is 0 Å². The minimum absolute atomic E-state index is 0.390. The Hall–Kier alpha value is -1.83. The highest BCUT2D eigenvalue weighted by Crippen LogP contribution is 2.22. The van der Waals surface area contributed by atoms with Crippen molar-refractivity contribution in [3.05, 3.63) is 36.5 Å². The average Bonchev–Trinajstić information content (AvgIpc) is 2.69. The molecule has 1 unspecified atom stereocenters. The van der Waals surface area contributed by atoms with Gasteiger partial charge in [-0.25, -0.2) is 4.98 Å². The second-order valence-electron chi connectivity index (χ2n) is 7.17. The average molecular weight is 387 g/mol. The van der Waals surface area contributed by atoms with Crippen molar-refractivity contribution < 1.29 is 0 Å². The van der Waals surface area contributed by atoms with Crippen LogP contribution < -0.4 is 15.4 Å². The second-order valence-corrected chi connectivity index (χ2v) is 8.08. The van der Waals surface area contributed by atoms with E-state index in [0.717, 1.165) is 17.9 Å². The molecule has 3 N–H and O–H groups in total. The zero-order valence-electron chi connectivity index (χ0n) is 16.4. The lowest BCUT2D eigenvalue weighted by Crippen LogP contribution is -2.38. The SMILES string of the molecule is CCC(C)Nc1ccnc(Nc2ccc(SNC3CCN(C)CC3)cc2)n1. The Morgan fingerprint density at radius 3 is 2.63 bits per heavy atom. The Kier molecular flexibility index (Phi) is 7.32. The number of benzene rings is 1. The molecule has 27 heavy (non-hydrogen) atoms. The summed E-state index contributed by atoms with van der Waals surface area (Å²) in [5.74, 6) is 1.45. The fourth-order valence-corrected chi connectivity index (χ4v) is 3.68. The first-order valence-corrected chi connectivity index (χ1v) is 10.5. The van der Waals surface area contributed by atoms with Gasteiger partial charge in [-0.3, -0.25) is 4.72 Å². The van der Waals surface area contributed by atoms with Gasteiger partial charge >= 0.3 is 0 Å². The predicted octanol–water partition coefficient (Wildman–Crippen LogP) is 4.12. The van der Waals surface area contributed by atoms with Crippen LogP contribution in [-0.4, -0.2) is 47.1 Å². The van der Waals surface area contributed by atoms with Crippen LogP contribution in [0.2, 0.25) is 0 Å². The van der Waals surface area contributed by atoms with Crippen molar-refractivity contribution in [1.29, 1.82) is 0 Å². The van der Waals surface area contributed by atoms with E-state index in [1.165, 1.54) is 30.8 Å². The first-order chi connectivity index (χ1) is 13.1. The van der Waals surface area contributed by atoms with Crippen molar-refractivity contribution in [3.63, 3.8) is 0 Å². The van der Waals surface area contributed by atoms with Crippen molar-refractivity contribution >= 4 is 29.4 Å². The molecule has 1 aromatic heterocycles. The largest absolute Gasteiger partial charge is 0.367 e. The van der Waals surface area contributed by atoms with Crippen molar-refractivity contribution in [3.8, 4) is 0 Å². The maximum atomic E-state index is 4.53. The van der Waals surface area contributed by atoms with Gasteiger partial charge in [-0.15, -0.1) is 0 Å². The maximum absolute atomic E-state index is 4.53. The van der Waals surface area contributed by atoms with Gasteiger partial charge in [0.25, 0.3) is 0 Å². The highest BCUT2D eigenvalue weighted by Gasteiger charge is 2.16. The lowest BCUT2D eigenvalue weighted by atomic mass is 10.1. The minimum atomic E-state index is 0.390. The second kappa shape index (κ2) is 9.92. The van der Waals surface area contributed by atoms with Crippen LogP contribution in [0, 0.1) is 0 Å². The van der Waals surface area contributed by atoms with Gasteiger partial charge in [-0.05, 0) is 88.6 Å². The molecule has 1 saturated heterocycles. The van der Waals surface area contributed by atoms with Crippen LogP contribution in [-0.2, 0) is 0 Å². The van der Waals surface area contributed by atoms with Gasteiger partial charge in [0.2, 0.25) is 5.95 Å². The molecular formula is C20H30N6S. The van der Waals surface area contributed by atoms with E-state index in [0.29, 0.717) is 18.0 Å². The lowest BCUT2D eigenvalue weighted by molar-refractivity contribution is 0.250. The summed E-state index contributed by atoms with van der Waals surface area (Å²) in [4.78, 5) is 12.4. The van der Waals surface area contributed by atoms with E-state index in [1.807, 2.05) is 6.07 Å². The van der Waals surface area contributed by atoms with E-state index in [9.17, 15) is 0 Å². The van der Waals surface area contributed by atoms with Crippen LogP contribution >= 0.6 is 11.9 Å². The Morgan fingerprint density at radius 1 is 1.19 bits per heavy atom. The normalized spacial score (nSPS) is 16.9. The monoisotopic (exact) mass is 386 g/mol. The molecule has 3 rings (SSSR count). The smallest absolute Gasteiger partial charge is 0.229 e. The van der Waals surface area contributed by atoms with Gasteiger partial charge in [-0.1, -0.05) is 6.92 Å². The summed E-state index contributed by atoms with van der Waals surface area (Å²) in [6.45, 7) is 6.64. The standard InChI is InChI=1S/C20H30N6S/c1-4-15(2)22-19-9-12-21-20(24-19)23-16-5-7-18(8-6-16)27-25-17-10-13-26(3)14-11-17/h5-9,12,15,17,25H,4,10-11,13-14H2,1-3H3,(H2,21,22,23,24). The fourth-order valence-electron chi connectivity index (χ4n) is 2.87. The van der Waals surface area contributed by atoms with Gasteiger partial charge in [0.1, 0.15) is 5.82 Å². The molecule has 1 fully saturated rings. The number of nitrogens with zero attached hydrogens (tertiary/aromatic N) is 3. The van der Waals surface area contributed by atoms with Crippen LogP contribution in [0.4, 0.5) is 17.5 Å². The molecule has 0 spiro atoms. The topological polar surface area (TPSA) is 65.1 Å². The van der Waals surface area contributed by atoms with Gasteiger partial charge < -0.3 is 15.5 Å². The number of aromatic nitrogens is 2. The number of anilines is 3. The Morgan fingerprint density at radius 2 is 1.93 bits per heavy atom. The molecule has 0 aliphatic carbocycles. The molecule has 2 aromatic rings. The summed E-state index contributed by atoms with van der Waals surface area (Å²) >= 11 is 1.72. The molecule has 0 saturated carbocycles. The first kappa shape index (κ1) is 19.9. The molecule has 1 aliphatic rings. The van der Waals surface area contributed by atoms with Crippen LogP contribution in [0.5, 0.6) is 0 Å². The molecule has 2 heterocycles. The number of rotatable bonds is 8. The highest BCUT2D eigenvalue weighted by atomic mass is 32.2. The maximum Gasteiger partial charge on any atom is 0.229 e. The van der Waals surface area contributed by atoms with Crippen LogP contribution in [0.15, 0.2) is 41.4 Å². The summed E-state index contributed by atoms with van der Waals surface area (Å²) in [6.07, 6.45) is 5.25. The third-order valence-electron chi connectivity index (χ3n) is 4.83. The summed E-state index contributed by atoms with van der Waals surface area (Å²) in [5.41, 5.74) is 0.985. The summed E-state index contributed by atoms with van der Waals surface area (Å²) < 4.78 is 3.60. The van der Waals surface area contributed by atoms with Crippen molar-refractivity contribution in [1.82, 2.24) is 19.6 Å². The quantitative estimate of drug-likeness (QED) is 0.590. The molecule has 1 aromatic carbocycles. The Bertz CT molecular complexity index is 700. The van der Waals surface area contributed by atoms with E-state index < -0.39 is 0 Å². The Balaban J connectivity index is 1.51. The van der Waals surface area contributed by atoms with Crippen molar-refractivity contribution in [2.24, 2.45) is 0 Å². The van der Waals surface area contributed by atoms with E-state index in [2.05, 4.69) is 75.4 Å². The fraction of sp³-hybridized carbons (Fsp3) is 0.500. The predicted molar refractivity (Wildman–Crippen MR) is 115 cm³/mol. The third-order valence-corrected chi connectivity index (χ3v) is 5.79. The minimum Gasteiger partial charge on any atom is -0.367 e. The zero-order valence-corrected chi connectivity index (χ0v) is 17.2. The number of piperidine rings is 1. The van der Waals surface area contributed by atoms with Crippen molar-refractivity contribution in [2.75, 3.05) is 30.8 Å². The first-order valence-electron chi connectivity index (χ1n) is 9.70.